The third kappa shape index (κ3) is 2.56. The first-order valence-corrected chi connectivity index (χ1v) is 7.88. The van der Waals surface area contributed by atoms with Crippen LogP contribution in [0.3, 0.4) is 0 Å². The summed E-state index contributed by atoms with van der Waals surface area (Å²) in [4.78, 5) is 19.0. The molecule has 4 nitrogen and oxygen atoms in total. The fraction of sp³-hybridized carbons (Fsp3) is 0.333. The maximum absolute atomic E-state index is 12.9. The second kappa shape index (κ2) is 5.44. The summed E-state index contributed by atoms with van der Waals surface area (Å²) in [7, 11) is 0. The fourth-order valence-corrected chi connectivity index (χ4v) is 3.04. The van der Waals surface area contributed by atoms with Crippen molar-refractivity contribution < 1.29 is 4.79 Å². The number of carbonyl (C=O) groups is 1. The molecule has 0 radical (unpaired) electrons. The van der Waals surface area contributed by atoms with Gasteiger partial charge in [-0.15, -0.1) is 0 Å². The summed E-state index contributed by atoms with van der Waals surface area (Å²) in [6, 6.07) is 10.4. The van der Waals surface area contributed by atoms with Gasteiger partial charge in [0.05, 0.1) is 0 Å². The summed E-state index contributed by atoms with van der Waals surface area (Å²) < 4.78 is 0. The molecule has 22 heavy (non-hydrogen) atoms. The summed E-state index contributed by atoms with van der Waals surface area (Å²) in [6.07, 6.45) is 6.80. The molecule has 1 fully saturated rings. The number of fused-ring (bicyclic) bond motifs is 1. The Labute approximate surface area is 130 Å². The van der Waals surface area contributed by atoms with Crippen LogP contribution in [0.5, 0.6) is 0 Å². The molecule has 4 heteroatoms. The van der Waals surface area contributed by atoms with E-state index in [2.05, 4.69) is 16.4 Å². The average Bonchev–Trinajstić information content (AvgIpc) is 3.29. The Kier molecular flexibility index (Phi) is 3.29. The van der Waals surface area contributed by atoms with E-state index in [1.165, 1.54) is 11.3 Å². The van der Waals surface area contributed by atoms with Crippen molar-refractivity contribution >= 4 is 11.6 Å². The van der Waals surface area contributed by atoms with Crippen molar-refractivity contribution in [2.75, 3.05) is 11.9 Å². The molecule has 2 heterocycles. The molecule has 0 atom stereocenters. The number of hydrogen-bond donors (Lipinski definition) is 1. The summed E-state index contributed by atoms with van der Waals surface area (Å²) in [5, 5.41) is 3.34. The van der Waals surface area contributed by atoms with Crippen LogP contribution in [0.15, 0.2) is 42.7 Å². The number of nitrogens with zero attached hydrogens (tertiary/aromatic N) is 2. The lowest BCUT2D eigenvalue weighted by atomic mass is 10.1. The van der Waals surface area contributed by atoms with Gasteiger partial charge in [0, 0.05) is 42.8 Å². The summed E-state index contributed by atoms with van der Waals surface area (Å²) >= 11 is 0. The van der Waals surface area contributed by atoms with Crippen LogP contribution in [0.25, 0.3) is 0 Å². The van der Waals surface area contributed by atoms with Gasteiger partial charge < -0.3 is 10.2 Å². The van der Waals surface area contributed by atoms with Crippen molar-refractivity contribution in [1.82, 2.24) is 9.88 Å². The van der Waals surface area contributed by atoms with Gasteiger partial charge in [0.1, 0.15) is 0 Å². The van der Waals surface area contributed by atoms with E-state index in [1.807, 2.05) is 29.2 Å². The SMILES string of the molecule is O=C(c1ccc2c(c1)CCN2)N(Cc1ccncc1)C1CC1. The average molecular weight is 293 g/mol. The van der Waals surface area contributed by atoms with E-state index in [9.17, 15) is 4.79 Å². The van der Waals surface area contributed by atoms with Crippen molar-refractivity contribution in [3.63, 3.8) is 0 Å². The lowest BCUT2D eigenvalue weighted by Crippen LogP contribution is -2.32. The minimum absolute atomic E-state index is 0.147. The third-order valence-corrected chi connectivity index (χ3v) is 4.41. The summed E-state index contributed by atoms with van der Waals surface area (Å²) in [6.45, 7) is 1.64. The first-order valence-electron chi connectivity index (χ1n) is 7.88. The van der Waals surface area contributed by atoms with Crippen LogP contribution in [0.1, 0.15) is 34.3 Å². The van der Waals surface area contributed by atoms with Gasteiger partial charge in [-0.3, -0.25) is 9.78 Å². The third-order valence-electron chi connectivity index (χ3n) is 4.41. The fourth-order valence-electron chi connectivity index (χ4n) is 3.04. The molecule has 2 aliphatic rings. The van der Waals surface area contributed by atoms with Crippen molar-refractivity contribution in [2.24, 2.45) is 0 Å². The molecule has 2 aromatic rings. The van der Waals surface area contributed by atoms with Gasteiger partial charge in [0.15, 0.2) is 0 Å². The normalized spacial score (nSPS) is 16.0. The number of pyridine rings is 1. The van der Waals surface area contributed by atoms with Crippen LogP contribution in [-0.2, 0) is 13.0 Å². The van der Waals surface area contributed by atoms with Gasteiger partial charge in [-0.2, -0.15) is 0 Å². The highest BCUT2D eigenvalue weighted by molar-refractivity contribution is 5.95. The van der Waals surface area contributed by atoms with Gasteiger partial charge in [0.25, 0.3) is 5.91 Å². The molecular formula is C18H19N3O. The second-order valence-electron chi connectivity index (χ2n) is 6.07. The number of hydrogen-bond acceptors (Lipinski definition) is 3. The van der Waals surface area contributed by atoms with E-state index in [4.69, 9.17) is 0 Å². The minimum Gasteiger partial charge on any atom is -0.384 e. The molecule has 4 rings (SSSR count). The zero-order chi connectivity index (χ0) is 14.9. The quantitative estimate of drug-likeness (QED) is 0.943. The van der Waals surface area contributed by atoms with E-state index >= 15 is 0 Å². The molecule has 1 N–H and O–H groups in total. The predicted octanol–water partition coefficient (Wildman–Crippen LogP) is 2.85. The molecule has 0 unspecified atom stereocenters. The van der Waals surface area contributed by atoms with E-state index in [-0.39, 0.29) is 5.91 Å². The predicted molar refractivity (Wildman–Crippen MR) is 85.8 cm³/mol. The Morgan fingerprint density at radius 3 is 2.82 bits per heavy atom. The molecular weight excluding hydrogens is 274 g/mol. The van der Waals surface area contributed by atoms with Crippen molar-refractivity contribution in [1.29, 1.82) is 0 Å². The monoisotopic (exact) mass is 293 g/mol. The van der Waals surface area contributed by atoms with Crippen molar-refractivity contribution in [2.45, 2.75) is 31.8 Å². The second-order valence-corrected chi connectivity index (χ2v) is 6.07. The van der Waals surface area contributed by atoms with Gasteiger partial charge in [-0.05, 0) is 60.7 Å². The van der Waals surface area contributed by atoms with Crippen LogP contribution in [0.2, 0.25) is 0 Å². The topological polar surface area (TPSA) is 45.2 Å². The first kappa shape index (κ1) is 13.3. The Hall–Kier alpha value is -2.36. The van der Waals surface area contributed by atoms with Crippen LogP contribution >= 0.6 is 0 Å². The van der Waals surface area contributed by atoms with Gasteiger partial charge in [0.2, 0.25) is 0 Å². The Bertz CT molecular complexity index is 695. The van der Waals surface area contributed by atoms with Crippen LogP contribution in [0.4, 0.5) is 5.69 Å². The number of nitrogens with one attached hydrogen (secondary N) is 1. The molecule has 1 aliphatic heterocycles. The number of carbonyl (C=O) groups excluding carboxylic acids is 1. The molecule has 0 spiro atoms. The molecule has 1 aromatic heterocycles. The number of aromatic nitrogens is 1. The largest absolute Gasteiger partial charge is 0.384 e. The van der Waals surface area contributed by atoms with E-state index in [0.29, 0.717) is 12.6 Å². The Morgan fingerprint density at radius 2 is 2.05 bits per heavy atom. The molecule has 1 amide bonds. The Morgan fingerprint density at radius 1 is 1.23 bits per heavy atom. The highest BCUT2D eigenvalue weighted by Gasteiger charge is 2.33. The summed E-state index contributed by atoms with van der Waals surface area (Å²) in [5.74, 6) is 0.147. The highest BCUT2D eigenvalue weighted by Crippen LogP contribution is 2.31. The Balaban J connectivity index is 1.58. The lowest BCUT2D eigenvalue weighted by Gasteiger charge is -2.23. The first-order chi connectivity index (χ1) is 10.8. The molecule has 1 aromatic carbocycles. The van der Waals surface area contributed by atoms with Gasteiger partial charge in [-0.1, -0.05) is 0 Å². The van der Waals surface area contributed by atoms with Crippen LogP contribution < -0.4 is 5.32 Å². The number of rotatable bonds is 4. The van der Waals surface area contributed by atoms with Crippen LogP contribution in [-0.4, -0.2) is 28.4 Å². The van der Waals surface area contributed by atoms with Gasteiger partial charge >= 0.3 is 0 Å². The van der Waals surface area contributed by atoms with E-state index in [0.717, 1.165) is 36.9 Å². The zero-order valence-electron chi connectivity index (χ0n) is 12.5. The maximum atomic E-state index is 12.9. The smallest absolute Gasteiger partial charge is 0.254 e. The lowest BCUT2D eigenvalue weighted by molar-refractivity contribution is 0.0730. The van der Waals surface area contributed by atoms with Gasteiger partial charge in [-0.25, -0.2) is 0 Å². The van der Waals surface area contributed by atoms with Crippen molar-refractivity contribution in [3.8, 4) is 0 Å². The van der Waals surface area contributed by atoms with E-state index < -0.39 is 0 Å². The highest BCUT2D eigenvalue weighted by atomic mass is 16.2. The standard InChI is InChI=1S/C18H19N3O/c22-18(15-1-4-17-14(11-15)7-10-20-17)21(16-2-3-16)12-13-5-8-19-9-6-13/h1,4-6,8-9,11,16,20H,2-3,7,10,12H2. The molecule has 0 saturated heterocycles. The minimum atomic E-state index is 0.147. The van der Waals surface area contributed by atoms with E-state index in [1.54, 1.807) is 12.4 Å². The molecule has 1 saturated carbocycles. The summed E-state index contributed by atoms with van der Waals surface area (Å²) in [5.41, 5.74) is 4.37. The zero-order valence-corrected chi connectivity index (χ0v) is 12.5. The maximum Gasteiger partial charge on any atom is 0.254 e. The molecule has 1 aliphatic carbocycles. The molecule has 0 bridgehead atoms. The number of amides is 1. The number of benzene rings is 1. The molecule has 112 valence electrons. The van der Waals surface area contributed by atoms with Crippen molar-refractivity contribution in [3.05, 3.63) is 59.4 Å². The van der Waals surface area contributed by atoms with Crippen LogP contribution in [0, 0.1) is 0 Å². The number of anilines is 1.